The van der Waals surface area contributed by atoms with E-state index in [-0.39, 0.29) is 18.5 Å². The minimum absolute atomic E-state index is 0.00931. The number of amides is 1. The number of ether oxygens (including phenoxy) is 1. The van der Waals surface area contributed by atoms with Gasteiger partial charge in [0.05, 0.1) is 25.4 Å². The lowest BCUT2D eigenvalue weighted by molar-refractivity contribution is -0.143. The Bertz CT molecular complexity index is 1060. The first kappa shape index (κ1) is 63.1. The average Bonchev–Trinajstić information content (AvgIpc) is 3.31. The smallest absolute Gasteiger partial charge is 0.305 e. The van der Waals surface area contributed by atoms with Crippen LogP contribution >= 0.6 is 0 Å². The average molecular weight is 915 g/mol. The van der Waals surface area contributed by atoms with Gasteiger partial charge in [-0.15, -0.1) is 0 Å². The molecule has 0 aromatic rings. The molecule has 0 fully saturated rings. The van der Waals surface area contributed by atoms with Gasteiger partial charge in [0.15, 0.2) is 0 Å². The molecule has 2 atom stereocenters. The van der Waals surface area contributed by atoms with Crippen molar-refractivity contribution in [3.05, 3.63) is 36.5 Å². The summed E-state index contributed by atoms with van der Waals surface area (Å²) in [6, 6.07) is -0.548. The highest BCUT2D eigenvalue weighted by molar-refractivity contribution is 5.76. The number of esters is 1. The Labute approximate surface area is 404 Å². The maximum Gasteiger partial charge on any atom is 0.305 e. The SMILES string of the molecule is CCC/C=C\C/C=C\CCCCCCCC(=O)OCCCCCCCCCCC/C=C\CCCCCCCCCC(=O)NC(CO)C(O)CCCCCCCCCCCCCCCCC. The highest BCUT2D eigenvalue weighted by atomic mass is 16.5. The molecule has 0 rings (SSSR count). The van der Waals surface area contributed by atoms with E-state index in [2.05, 4.69) is 55.6 Å². The van der Waals surface area contributed by atoms with Crippen LogP contribution < -0.4 is 5.32 Å². The molecule has 6 nitrogen and oxygen atoms in total. The molecule has 0 bridgehead atoms. The first-order valence-corrected chi connectivity index (χ1v) is 28.7. The molecule has 2 unspecified atom stereocenters. The van der Waals surface area contributed by atoms with Gasteiger partial charge in [-0.05, 0) is 77.0 Å². The van der Waals surface area contributed by atoms with Crippen LogP contribution in [0.1, 0.15) is 303 Å². The van der Waals surface area contributed by atoms with E-state index in [1.54, 1.807) is 0 Å². The molecule has 0 aromatic carbocycles. The first-order valence-electron chi connectivity index (χ1n) is 28.7. The van der Waals surface area contributed by atoms with Gasteiger partial charge in [0.25, 0.3) is 0 Å². The predicted molar refractivity (Wildman–Crippen MR) is 283 cm³/mol. The van der Waals surface area contributed by atoms with E-state index >= 15 is 0 Å². The van der Waals surface area contributed by atoms with E-state index in [4.69, 9.17) is 4.74 Å². The second-order valence-corrected chi connectivity index (χ2v) is 19.6. The van der Waals surface area contributed by atoms with Crippen LogP contribution in [0.15, 0.2) is 36.5 Å². The minimum atomic E-state index is -0.670. The molecule has 0 saturated carbocycles. The second kappa shape index (κ2) is 54.7. The number of aliphatic hydroxyl groups excluding tert-OH is 2. The molecular formula is C59H111NO5. The van der Waals surface area contributed by atoms with E-state index in [9.17, 15) is 19.8 Å². The molecule has 0 saturated heterocycles. The van der Waals surface area contributed by atoms with Crippen molar-refractivity contribution < 1.29 is 24.5 Å². The normalized spacial score (nSPS) is 12.9. The molecule has 382 valence electrons. The summed E-state index contributed by atoms with van der Waals surface area (Å²) in [6.45, 7) is 4.88. The van der Waals surface area contributed by atoms with Gasteiger partial charge in [0, 0.05) is 12.8 Å². The third-order valence-corrected chi connectivity index (χ3v) is 13.1. The van der Waals surface area contributed by atoms with Crippen molar-refractivity contribution in [1.29, 1.82) is 0 Å². The summed E-state index contributed by atoms with van der Waals surface area (Å²) in [4.78, 5) is 24.5. The zero-order valence-corrected chi connectivity index (χ0v) is 43.5. The van der Waals surface area contributed by atoms with Gasteiger partial charge in [0.2, 0.25) is 5.91 Å². The Morgan fingerprint density at radius 3 is 1.25 bits per heavy atom. The standard InChI is InChI=1S/C59H111NO5/c1-3-5-7-9-11-13-15-17-24-28-31-35-39-43-47-51-57(62)56(55-61)60-58(63)52-48-44-40-36-32-29-25-22-20-18-19-21-23-26-30-34-38-42-46-50-54-65-59(64)53-49-45-41-37-33-27-16-14-12-10-8-6-4-2/h8,10,14,16,18,20,56-57,61-62H,3-7,9,11-13,15,17,19,21-55H2,1-2H3,(H,60,63)/b10-8-,16-14-,20-18-. The number of allylic oxidation sites excluding steroid dienone is 6. The van der Waals surface area contributed by atoms with E-state index in [1.165, 1.54) is 218 Å². The Morgan fingerprint density at radius 2 is 0.800 bits per heavy atom. The van der Waals surface area contributed by atoms with Gasteiger partial charge in [-0.25, -0.2) is 0 Å². The Balaban J connectivity index is 3.44. The fraction of sp³-hybridized carbons (Fsp3) is 0.864. The topological polar surface area (TPSA) is 95.9 Å². The van der Waals surface area contributed by atoms with Crippen LogP contribution in [0.2, 0.25) is 0 Å². The van der Waals surface area contributed by atoms with E-state index < -0.39 is 12.1 Å². The number of carbonyl (C=O) groups excluding carboxylic acids is 2. The van der Waals surface area contributed by atoms with Crippen LogP contribution in [-0.4, -0.2) is 47.4 Å². The predicted octanol–water partition coefficient (Wildman–Crippen LogP) is 17.6. The van der Waals surface area contributed by atoms with Gasteiger partial charge in [0.1, 0.15) is 0 Å². The van der Waals surface area contributed by atoms with E-state index in [1.807, 2.05) is 0 Å². The van der Waals surface area contributed by atoms with Crippen molar-refractivity contribution in [2.45, 2.75) is 315 Å². The van der Waals surface area contributed by atoms with Gasteiger partial charge >= 0.3 is 5.97 Å². The number of aliphatic hydroxyl groups is 2. The molecule has 3 N–H and O–H groups in total. The van der Waals surface area contributed by atoms with E-state index in [0.717, 1.165) is 51.4 Å². The van der Waals surface area contributed by atoms with Gasteiger partial charge < -0.3 is 20.3 Å². The summed E-state index contributed by atoms with van der Waals surface area (Å²) in [7, 11) is 0. The molecule has 0 heterocycles. The summed E-state index contributed by atoms with van der Waals surface area (Å²) < 4.78 is 5.46. The third kappa shape index (κ3) is 51.3. The summed E-state index contributed by atoms with van der Waals surface area (Å²) >= 11 is 0. The fourth-order valence-corrected chi connectivity index (χ4v) is 8.73. The molecule has 65 heavy (non-hydrogen) atoms. The number of unbranched alkanes of at least 4 members (excludes halogenated alkanes) is 36. The van der Waals surface area contributed by atoms with Crippen molar-refractivity contribution in [3.63, 3.8) is 0 Å². The van der Waals surface area contributed by atoms with Crippen molar-refractivity contribution in [2.75, 3.05) is 13.2 Å². The lowest BCUT2D eigenvalue weighted by Gasteiger charge is -2.22. The summed E-state index contributed by atoms with van der Waals surface area (Å²) in [5, 5.41) is 23.3. The largest absolute Gasteiger partial charge is 0.466 e. The molecule has 0 spiro atoms. The van der Waals surface area contributed by atoms with Crippen molar-refractivity contribution in [1.82, 2.24) is 5.32 Å². The molecule has 1 amide bonds. The van der Waals surface area contributed by atoms with Crippen molar-refractivity contribution in [2.24, 2.45) is 0 Å². The highest BCUT2D eigenvalue weighted by Gasteiger charge is 2.20. The summed E-state index contributed by atoms with van der Waals surface area (Å²) in [5.74, 6) is -0.0525. The third-order valence-electron chi connectivity index (χ3n) is 13.1. The molecule has 0 radical (unpaired) electrons. The summed E-state index contributed by atoms with van der Waals surface area (Å²) in [5.41, 5.74) is 0. The Kier molecular flexibility index (Phi) is 53.1. The molecule has 0 aliphatic carbocycles. The van der Waals surface area contributed by atoms with Crippen LogP contribution in [-0.2, 0) is 14.3 Å². The number of carbonyl (C=O) groups is 2. The van der Waals surface area contributed by atoms with Gasteiger partial charge in [-0.2, -0.15) is 0 Å². The maximum atomic E-state index is 12.5. The molecular weight excluding hydrogens is 803 g/mol. The zero-order valence-electron chi connectivity index (χ0n) is 43.5. The second-order valence-electron chi connectivity index (χ2n) is 19.6. The van der Waals surface area contributed by atoms with Gasteiger partial charge in [-0.1, -0.05) is 249 Å². The number of rotatable bonds is 53. The van der Waals surface area contributed by atoms with Crippen LogP contribution in [0.4, 0.5) is 0 Å². The molecule has 0 aliphatic heterocycles. The Hall–Kier alpha value is -1.92. The van der Waals surface area contributed by atoms with Crippen LogP contribution in [0.25, 0.3) is 0 Å². The van der Waals surface area contributed by atoms with Gasteiger partial charge in [-0.3, -0.25) is 9.59 Å². The van der Waals surface area contributed by atoms with Crippen LogP contribution in [0.5, 0.6) is 0 Å². The number of hydrogen-bond donors (Lipinski definition) is 3. The molecule has 6 heteroatoms. The quantitative estimate of drug-likeness (QED) is 0.0321. The monoisotopic (exact) mass is 914 g/mol. The lowest BCUT2D eigenvalue weighted by Crippen LogP contribution is -2.45. The van der Waals surface area contributed by atoms with Crippen LogP contribution in [0.3, 0.4) is 0 Å². The maximum absolute atomic E-state index is 12.5. The van der Waals surface area contributed by atoms with Crippen molar-refractivity contribution >= 4 is 11.9 Å². The zero-order chi connectivity index (χ0) is 47.2. The Morgan fingerprint density at radius 1 is 0.431 bits per heavy atom. The minimum Gasteiger partial charge on any atom is -0.466 e. The first-order chi connectivity index (χ1) is 32.0. The molecule has 0 aliphatic rings. The highest BCUT2D eigenvalue weighted by Crippen LogP contribution is 2.17. The van der Waals surface area contributed by atoms with E-state index in [0.29, 0.717) is 25.9 Å². The number of hydrogen-bond acceptors (Lipinski definition) is 5. The fourth-order valence-electron chi connectivity index (χ4n) is 8.73. The summed E-state index contributed by atoms with van der Waals surface area (Å²) in [6.07, 6.45) is 67.0. The lowest BCUT2D eigenvalue weighted by atomic mass is 10.0. The molecule has 0 aromatic heterocycles. The van der Waals surface area contributed by atoms with Crippen LogP contribution in [0, 0.1) is 0 Å². The number of nitrogens with one attached hydrogen (secondary N) is 1. The van der Waals surface area contributed by atoms with Crippen molar-refractivity contribution in [3.8, 4) is 0 Å².